The van der Waals surface area contributed by atoms with Crippen LogP contribution >= 0.6 is 0 Å². The largest absolute Gasteiger partial charge is 0.376 e. The molecule has 1 aromatic rings. The summed E-state index contributed by atoms with van der Waals surface area (Å²) in [5, 5.41) is 5.29. The van der Waals surface area contributed by atoms with Crippen molar-refractivity contribution in [1.29, 1.82) is 0 Å². The normalized spacial score (nSPS) is 18.7. The van der Waals surface area contributed by atoms with Crippen LogP contribution in [0.25, 0.3) is 6.08 Å². The maximum Gasteiger partial charge on any atom is 0.318 e. The summed E-state index contributed by atoms with van der Waals surface area (Å²) in [7, 11) is 0. The lowest BCUT2D eigenvalue weighted by Gasteiger charge is -2.10. The van der Waals surface area contributed by atoms with Gasteiger partial charge in [0.25, 0.3) is 0 Å². The third-order valence-electron chi connectivity index (χ3n) is 2.85. The average Bonchev–Trinajstić information content (AvgIpc) is 2.89. The van der Waals surface area contributed by atoms with E-state index in [1.165, 1.54) is 18.3 Å². The second-order valence-corrected chi connectivity index (χ2v) is 4.38. The monoisotopic (exact) mass is 264 g/mol. The molecule has 4 nitrogen and oxygen atoms in total. The van der Waals surface area contributed by atoms with Crippen LogP contribution in [0.1, 0.15) is 18.4 Å². The molecule has 1 aliphatic heterocycles. The number of nitrogens with one attached hydrogen (secondary N) is 2. The molecule has 0 radical (unpaired) electrons. The van der Waals surface area contributed by atoms with E-state index in [9.17, 15) is 9.18 Å². The quantitative estimate of drug-likeness (QED) is 0.876. The first kappa shape index (κ1) is 13.5. The number of urea groups is 1. The van der Waals surface area contributed by atoms with Gasteiger partial charge < -0.3 is 15.4 Å². The van der Waals surface area contributed by atoms with Crippen molar-refractivity contribution in [3.63, 3.8) is 0 Å². The van der Waals surface area contributed by atoms with E-state index >= 15 is 0 Å². The lowest BCUT2D eigenvalue weighted by atomic mass is 10.2. The van der Waals surface area contributed by atoms with Gasteiger partial charge in [-0.3, -0.25) is 0 Å². The van der Waals surface area contributed by atoms with Crippen molar-refractivity contribution < 1.29 is 13.9 Å². The second-order valence-electron chi connectivity index (χ2n) is 4.38. The van der Waals surface area contributed by atoms with Crippen molar-refractivity contribution in [3.05, 3.63) is 41.8 Å². The number of halogens is 1. The van der Waals surface area contributed by atoms with Gasteiger partial charge in [0, 0.05) is 19.4 Å². The molecule has 0 saturated carbocycles. The van der Waals surface area contributed by atoms with Gasteiger partial charge >= 0.3 is 6.03 Å². The Kier molecular flexibility index (Phi) is 4.92. The molecule has 0 aromatic heterocycles. The van der Waals surface area contributed by atoms with Crippen LogP contribution in [0.5, 0.6) is 0 Å². The Morgan fingerprint density at radius 1 is 1.53 bits per heavy atom. The maximum atomic E-state index is 12.9. The van der Waals surface area contributed by atoms with Crippen LogP contribution in [-0.2, 0) is 4.74 Å². The average molecular weight is 264 g/mol. The molecular formula is C14H17FN2O2. The fourth-order valence-corrected chi connectivity index (χ4v) is 1.89. The van der Waals surface area contributed by atoms with Gasteiger partial charge in [-0.2, -0.15) is 0 Å². The standard InChI is InChI=1S/C14H17FN2O2/c15-12-4-1-3-11(9-12)6-7-16-14(18)17-10-13-5-2-8-19-13/h1,3-4,6-7,9,13H,2,5,8,10H2,(H2,16,17,18)/b7-6+. The van der Waals surface area contributed by atoms with Gasteiger partial charge in [0.15, 0.2) is 0 Å². The molecule has 2 amide bonds. The SMILES string of the molecule is O=C(N/C=C/c1cccc(F)c1)NCC1CCCO1. The van der Waals surface area contributed by atoms with Gasteiger partial charge in [0.2, 0.25) is 0 Å². The highest BCUT2D eigenvalue weighted by atomic mass is 19.1. The summed E-state index contributed by atoms with van der Waals surface area (Å²) in [5.74, 6) is -0.301. The minimum absolute atomic E-state index is 0.123. The van der Waals surface area contributed by atoms with Crippen molar-refractivity contribution in [1.82, 2.24) is 10.6 Å². The molecule has 0 aliphatic carbocycles. The Bertz CT molecular complexity index is 457. The zero-order chi connectivity index (χ0) is 13.5. The number of ether oxygens (including phenoxy) is 1. The predicted molar refractivity (Wildman–Crippen MR) is 70.9 cm³/mol. The van der Waals surface area contributed by atoms with Gasteiger partial charge in [-0.25, -0.2) is 9.18 Å². The van der Waals surface area contributed by atoms with Crippen molar-refractivity contribution >= 4 is 12.1 Å². The Balaban J connectivity index is 1.70. The van der Waals surface area contributed by atoms with Gasteiger partial charge in [0.05, 0.1) is 6.10 Å². The molecule has 1 aliphatic rings. The van der Waals surface area contributed by atoms with E-state index in [0.29, 0.717) is 12.1 Å². The number of hydrogen-bond acceptors (Lipinski definition) is 2. The van der Waals surface area contributed by atoms with E-state index in [0.717, 1.165) is 19.4 Å². The van der Waals surface area contributed by atoms with Gasteiger partial charge in [-0.05, 0) is 36.6 Å². The Morgan fingerprint density at radius 3 is 3.16 bits per heavy atom. The lowest BCUT2D eigenvalue weighted by molar-refractivity contribution is 0.111. The van der Waals surface area contributed by atoms with Crippen molar-refractivity contribution in [2.75, 3.05) is 13.2 Å². The number of hydrogen-bond donors (Lipinski definition) is 2. The molecule has 2 N–H and O–H groups in total. The first-order valence-corrected chi connectivity index (χ1v) is 6.32. The number of rotatable bonds is 4. The predicted octanol–water partition coefficient (Wildman–Crippen LogP) is 2.27. The fourth-order valence-electron chi connectivity index (χ4n) is 1.89. The Morgan fingerprint density at radius 2 is 2.42 bits per heavy atom. The van der Waals surface area contributed by atoms with Gasteiger partial charge in [-0.1, -0.05) is 12.1 Å². The van der Waals surface area contributed by atoms with Crippen LogP contribution in [0.4, 0.5) is 9.18 Å². The number of carbonyl (C=O) groups is 1. The molecule has 1 fully saturated rings. The molecule has 1 heterocycles. The van der Waals surface area contributed by atoms with E-state index < -0.39 is 0 Å². The van der Waals surface area contributed by atoms with Crippen LogP contribution in [0, 0.1) is 5.82 Å². The van der Waals surface area contributed by atoms with Crippen LogP contribution in [-0.4, -0.2) is 25.3 Å². The third-order valence-corrected chi connectivity index (χ3v) is 2.85. The van der Waals surface area contributed by atoms with Crippen LogP contribution in [0.15, 0.2) is 30.5 Å². The maximum absolute atomic E-state index is 12.9. The molecule has 1 aromatic carbocycles. The lowest BCUT2D eigenvalue weighted by Crippen LogP contribution is -2.37. The minimum Gasteiger partial charge on any atom is -0.376 e. The number of carbonyl (C=O) groups excluding carboxylic acids is 1. The summed E-state index contributed by atoms with van der Waals surface area (Å²) in [6.07, 6.45) is 5.28. The summed E-state index contributed by atoms with van der Waals surface area (Å²) in [6.45, 7) is 1.28. The summed E-state index contributed by atoms with van der Waals surface area (Å²) in [4.78, 5) is 11.5. The van der Waals surface area contributed by atoms with Gasteiger partial charge in [-0.15, -0.1) is 0 Å². The smallest absolute Gasteiger partial charge is 0.318 e. The first-order valence-electron chi connectivity index (χ1n) is 6.32. The summed E-state index contributed by atoms with van der Waals surface area (Å²) >= 11 is 0. The highest BCUT2D eigenvalue weighted by molar-refractivity contribution is 5.75. The molecule has 1 unspecified atom stereocenters. The minimum atomic E-state index is -0.301. The summed E-state index contributed by atoms with van der Waals surface area (Å²) in [5.41, 5.74) is 0.694. The molecule has 2 rings (SSSR count). The number of benzene rings is 1. The molecule has 0 spiro atoms. The second kappa shape index (κ2) is 6.89. The molecule has 1 atom stereocenters. The third kappa shape index (κ3) is 4.71. The van der Waals surface area contributed by atoms with Crippen molar-refractivity contribution in [2.45, 2.75) is 18.9 Å². The number of amides is 2. The van der Waals surface area contributed by atoms with Crippen molar-refractivity contribution in [2.24, 2.45) is 0 Å². The van der Waals surface area contributed by atoms with E-state index in [1.807, 2.05) is 0 Å². The molecule has 0 bridgehead atoms. The fraction of sp³-hybridized carbons (Fsp3) is 0.357. The highest BCUT2D eigenvalue weighted by Crippen LogP contribution is 2.10. The Labute approximate surface area is 111 Å². The van der Waals surface area contributed by atoms with Crippen molar-refractivity contribution in [3.8, 4) is 0 Å². The summed E-state index contributed by atoms with van der Waals surface area (Å²) in [6, 6.07) is 5.85. The zero-order valence-corrected chi connectivity index (χ0v) is 10.6. The van der Waals surface area contributed by atoms with Crippen LogP contribution < -0.4 is 10.6 Å². The Hall–Kier alpha value is -1.88. The van der Waals surface area contributed by atoms with E-state index in [4.69, 9.17) is 4.74 Å². The van der Waals surface area contributed by atoms with Crippen LogP contribution in [0.2, 0.25) is 0 Å². The molecule has 102 valence electrons. The van der Waals surface area contributed by atoms with E-state index in [2.05, 4.69) is 10.6 Å². The summed E-state index contributed by atoms with van der Waals surface area (Å²) < 4.78 is 18.3. The topological polar surface area (TPSA) is 50.4 Å². The molecule has 5 heteroatoms. The van der Waals surface area contributed by atoms with Crippen LogP contribution in [0.3, 0.4) is 0 Å². The zero-order valence-electron chi connectivity index (χ0n) is 10.6. The molecule has 1 saturated heterocycles. The highest BCUT2D eigenvalue weighted by Gasteiger charge is 2.15. The molecule has 19 heavy (non-hydrogen) atoms. The van der Waals surface area contributed by atoms with E-state index in [1.54, 1.807) is 18.2 Å². The first-order chi connectivity index (χ1) is 9.24. The van der Waals surface area contributed by atoms with Gasteiger partial charge in [0.1, 0.15) is 5.82 Å². The van der Waals surface area contributed by atoms with E-state index in [-0.39, 0.29) is 18.0 Å². The molecular weight excluding hydrogens is 247 g/mol.